The molecule has 0 saturated carbocycles. The molecule has 2 aromatic carbocycles. The molecule has 2 rings (SSSR count). The van der Waals surface area contributed by atoms with Crippen LogP contribution in [0.2, 0.25) is 0 Å². The largest absolute Gasteiger partial charge is 0.388 e. The van der Waals surface area contributed by atoms with Gasteiger partial charge in [0.2, 0.25) is 0 Å². The summed E-state index contributed by atoms with van der Waals surface area (Å²) >= 11 is 0. The van der Waals surface area contributed by atoms with E-state index >= 15 is 0 Å². The number of nitrogens with one attached hydrogen (secondary N) is 1. The molecule has 16 heavy (non-hydrogen) atoms. The summed E-state index contributed by atoms with van der Waals surface area (Å²) in [7, 11) is 1.83. The second-order valence-corrected chi connectivity index (χ2v) is 3.44. The zero-order chi connectivity index (χ0) is 11.4. The Morgan fingerprint density at radius 2 is 1.81 bits per heavy atom. The molecule has 0 aliphatic rings. The fourth-order valence-electron chi connectivity index (χ4n) is 1.67. The first-order chi connectivity index (χ1) is 7.85. The van der Waals surface area contributed by atoms with E-state index in [9.17, 15) is 4.91 Å². The van der Waals surface area contributed by atoms with Gasteiger partial charge in [-0.2, -0.15) is 0 Å². The minimum atomic E-state index is 0.434. The van der Waals surface area contributed by atoms with Crippen molar-refractivity contribution in [1.29, 1.82) is 0 Å². The number of hydrogen-bond donors (Lipinski definition) is 1. The van der Waals surface area contributed by atoms with E-state index in [1.165, 1.54) is 0 Å². The van der Waals surface area contributed by atoms with Crippen LogP contribution in [-0.4, -0.2) is 7.05 Å². The highest BCUT2D eigenvalue weighted by Crippen LogP contribution is 2.30. The van der Waals surface area contributed by atoms with Crippen molar-refractivity contribution in [1.82, 2.24) is 0 Å². The lowest BCUT2D eigenvalue weighted by atomic mass is 10.0. The van der Waals surface area contributed by atoms with E-state index in [1.54, 1.807) is 12.1 Å². The molecule has 0 unspecified atom stereocenters. The summed E-state index contributed by atoms with van der Waals surface area (Å²) < 4.78 is 0. The molecule has 1 N–H and O–H groups in total. The van der Waals surface area contributed by atoms with E-state index < -0.39 is 0 Å². The molecule has 0 atom stereocenters. The lowest BCUT2D eigenvalue weighted by Gasteiger charge is -2.09. The SMILES string of the molecule is CNc1cc(N=O)ccc1-c1ccccc1. The first-order valence-electron chi connectivity index (χ1n) is 5.05. The van der Waals surface area contributed by atoms with Gasteiger partial charge in [0.15, 0.2) is 0 Å². The van der Waals surface area contributed by atoms with Crippen molar-refractivity contribution in [2.75, 3.05) is 12.4 Å². The van der Waals surface area contributed by atoms with Gasteiger partial charge >= 0.3 is 0 Å². The lowest BCUT2D eigenvalue weighted by molar-refractivity contribution is 1.45. The van der Waals surface area contributed by atoms with E-state index in [2.05, 4.69) is 10.5 Å². The molecule has 3 heteroatoms. The molecule has 0 fully saturated rings. The molecule has 0 bridgehead atoms. The smallest absolute Gasteiger partial charge is 0.110 e. The number of benzene rings is 2. The summed E-state index contributed by atoms with van der Waals surface area (Å²) in [5.74, 6) is 0. The van der Waals surface area contributed by atoms with Crippen LogP contribution in [0.3, 0.4) is 0 Å². The zero-order valence-electron chi connectivity index (χ0n) is 8.97. The molecular formula is C13H12N2O. The van der Waals surface area contributed by atoms with Crippen molar-refractivity contribution < 1.29 is 0 Å². The molecule has 0 aliphatic carbocycles. The molecule has 0 aromatic heterocycles. The highest BCUT2D eigenvalue weighted by molar-refractivity contribution is 5.80. The third-order valence-corrected chi connectivity index (χ3v) is 2.46. The molecule has 0 amide bonds. The molecule has 0 radical (unpaired) electrons. The van der Waals surface area contributed by atoms with Crippen LogP contribution >= 0.6 is 0 Å². The maximum Gasteiger partial charge on any atom is 0.110 e. The fourth-order valence-corrected chi connectivity index (χ4v) is 1.67. The van der Waals surface area contributed by atoms with Crippen molar-refractivity contribution in [3.63, 3.8) is 0 Å². The van der Waals surface area contributed by atoms with E-state index in [-0.39, 0.29) is 0 Å². The van der Waals surface area contributed by atoms with Crippen LogP contribution < -0.4 is 5.32 Å². The maximum atomic E-state index is 10.4. The number of hydrogen-bond acceptors (Lipinski definition) is 3. The zero-order valence-corrected chi connectivity index (χ0v) is 8.97. The quantitative estimate of drug-likeness (QED) is 0.786. The summed E-state index contributed by atoms with van der Waals surface area (Å²) in [6.07, 6.45) is 0. The van der Waals surface area contributed by atoms with Gasteiger partial charge in [-0.25, -0.2) is 0 Å². The van der Waals surface area contributed by atoms with E-state index in [0.717, 1.165) is 16.8 Å². The van der Waals surface area contributed by atoms with Crippen molar-refractivity contribution >= 4 is 11.4 Å². The van der Waals surface area contributed by atoms with Gasteiger partial charge in [-0.05, 0) is 22.9 Å². The van der Waals surface area contributed by atoms with Crippen LogP contribution in [0.15, 0.2) is 53.7 Å². The standard InChI is InChI=1S/C13H12N2O/c1-14-13-9-11(15-16)7-8-12(13)10-5-3-2-4-6-10/h2-9,14H,1H3. The summed E-state index contributed by atoms with van der Waals surface area (Å²) in [6, 6.07) is 15.4. The average Bonchev–Trinajstić information content (AvgIpc) is 2.39. The number of nitrogens with zero attached hydrogens (tertiary/aromatic N) is 1. The van der Waals surface area contributed by atoms with Gasteiger partial charge in [0, 0.05) is 18.3 Å². The lowest BCUT2D eigenvalue weighted by Crippen LogP contribution is -1.91. The number of anilines is 1. The first-order valence-corrected chi connectivity index (χ1v) is 5.05. The summed E-state index contributed by atoms with van der Waals surface area (Å²) in [4.78, 5) is 10.4. The van der Waals surface area contributed by atoms with Crippen LogP contribution in [0.1, 0.15) is 0 Å². The molecule has 0 aliphatic heterocycles. The minimum Gasteiger partial charge on any atom is -0.388 e. The summed E-state index contributed by atoms with van der Waals surface area (Å²) in [5, 5.41) is 5.99. The molecule has 0 spiro atoms. The van der Waals surface area contributed by atoms with Crippen molar-refractivity contribution in [2.24, 2.45) is 5.18 Å². The van der Waals surface area contributed by atoms with Crippen LogP contribution in [-0.2, 0) is 0 Å². The molecular weight excluding hydrogens is 200 g/mol. The Morgan fingerprint density at radius 1 is 1.06 bits per heavy atom. The van der Waals surface area contributed by atoms with Crippen LogP contribution in [0.5, 0.6) is 0 Å². The third kappa shape index (κ3) is 1.93. The van der Waals surface area contributed by atoms with E-state index in [4.69, 9.17) is 0 Å². The Kier molecular flexibility index (Phi) is 2.96. The van der Waals surface area contributed by atoms with Crippen LogP contribution in [0.25, 0.3) is 11.1 Å². The van der Waals surface area contributed by atoms with E-state index in [0.29, 0.717) is 5.69 Å². The van der Waals surface area contributed by atoms with Crippen molar-refractivity contribution in [3.8, 4) is 11.1 Å². The second kappa shape index (κ2) is 4.57. The van der Waals surface area contributed by atoms with Gasteiger partial charge < -0.3 is 5.32 Å². The van der Waals surface area contributed by atoms with Gasteiger partial charge in [-0.3, -0.25) is 0 Å². The van der Waals surface area contributed by atoms with Crippen LogP contribution in [0.4, 0.5) is 11.4 Å². The first kappa shape index (κ1) is 10.4. The highest BCUT2D eigenvalue weighted by Gasteiger charge is 2.04. The predicted molar refractivity (Wildman–Crippen MR) is 66.9 cm³/mol. The number of nitroso groups, excluding NO2 is 1. The molecule has 2 aromatic rings. The summed E-state index contributed by atoms with van der Waals surface area (Å²) in [6.45, 7) is 0. The molecule has 3 nitrogen and oxygen atoms in total. The topological polar surface area (TPSA) is 41.5 Å². The van der Waals surface area contributed by atoms with Crippen molar-refractivity contribution in [2.45, 2.75) is 0 Å². The highest BCUT2D eigenvalue weighted by atomic mass is 16.3. The predicted octanol–water partition coefficient (Wildman–Crippen LogP) is 3.79. The molecule has 0 heterocycles. The monoisotopic (exact) mass is 212 g/mol. The Labute approximate surface area is 94.1 Å². The van der Waals surface area contributed by atoms with Gasteiger partial charge in [0.25, 0.3) is 0 Å². The fraction of sp³-hybridized carbons (Fsp3) is 0.0769. The van der Waals surface area contributed by atoms with Gasteiger partial charge in [-0.15, -0.1) is 4.91 Å². The average molecular weight is 212 g/mol. The number of rotatable bonds is 3. The van der Waals surface area contributed by atoms with Crippen molar-refractivity contribution in [3.05, 3.63) is 53.4 Å². The Balaban J connectivity index is 2.53. The third-order valence-electron chi connectivity index (χ3n) is 2.46. The second-order valence-electron chi connectivity index (χ2n) is 3.44. The molecule has 0 saturated heterocycles. The summed E-state index contributed by atoms with van der Waals surface area (Å²) in [5.41, 5.74) is 3.52. The van der Waals surface area contributed by atoms with Crippen LogP contribution in [0, 0.1) is 4.91 Å². The Morgan fingerprint density at radius 3 is 2.44 bits per heavy atom. The van der Waals surface area contributed by atoms with Gasteiger partial charge in [0.1, 0.15) is 5.69 Å². The Hall–Kier alpha value is -2.16. The Bertz CT molecular complexity index is 495. The van der Waals surface area contributed by atoms with Gasteiger partial charge in [-0.1, -0.05) is 36.4 Å². The van der Waals surface area contributed by atoms with E-state index in [1.807, 2.05) is 43.4 Å². The van der Waals surface area contributed by atoms with Gasteiger partial charge in [0.05, 0.1) is 0 Å². The maximum absolute atomic E-state index is 10.4. The molecule has 80 valence electrons. The normalized spacial score (nSPS) is 9.81. The minimum absolute atomic E-state index is 0.434.